The van der Waals surface area contributed by atoms with Crippen molar-refractivity contribution in [1.82, 2.24) is 9.71 Å². The first-order valence-corrected chi connectivity index (χ1v) is 7.21. The van der Waals surface area contributed by atoms with E-state index in [0.29, 0.717) is 0 Å². The Balaban J connectivity index is 1.96. The molecule has 5 heteroatoms. The van der Waals surface area contributed by atoms with Crippen molar-refractivity contribution in [2.45, 2.75) is 12.3 Å². The van der Waals surface area contributed by atoms with E-state index < -0.39 is 10.0 Å². The summed E-state index contributed by atoms with van der Waals surface area (Å²) >= 11 is 0. The van der Waals surface area contributed by atoms with Gasteiger partial charge in [-0.15, -0.1) is 0 Å². The maximum atomic E-state index is 11.8. The zero-order valence-electron chi connectivity index (χ0n) is 9.78. The number of rotatable bonds is 5. The number of aromatic nitrogens is 1. The summed E-state index contributed by atoms with van der Waals surface area (Å²) in [6, 6.07) is 12.7. The maximum absolute atomic E-state index is 11.8. The Kier molecular flexibility index (Phi) is 4.07. The van der Waals surface area contributed by atoms with Crippen LogP contribution in [0.2, 0.25) is 0 Å². The van der Waals surface area contributed by atoms with Crippen molar-refractivity contribution < 1.29 is 8.42 Å². The molecule has 0 spiro atoms. The highest BCUT2D eigenvalue weighted by Crippen LogP contribution is 2.05. The molecule has 1 N–H and O–H groups in total. The van der Waals surface area contributed by atoms with Gasteiger partial charge in [0.2, 0.25) is 10.0 Å². The van der Waals surface area contributed by atoms with Crippen LogP contribution in [0.1, 0.15) is 11.1 Å². The Morgan fingerprint density at radius 2 is 1.61 bits per heavy atom. The summed E-state index contributed by atoms with van der Waals surface area (Å²) in [5, 5.41) is 0. The normalized spacial score (nSPS) is 11.3. The molecule has 0 fully saturated rings. The predicted octanol–water partition coefficient (Wildman–Crippen LogP) is 1.70. The molecular weight excluding hydrogens is 248 g/mol. The van der Waals surface area contributed by atoms with Crippen molar-refractivity contribution in [3.05, 3.63) is 66.0 Å². The van der Waals surface area contributed by atoms with E-state index in [2.05, 4.69) is 9.71 Å². The molecule has 1 aromatic heterocycles. The molecule has 1 heterocycles. The lowest BCUT2D eigenvalue weighted by atomic mass is 10.2. The molecule has 2 rings (SSSR count). The Labute approximate surface area is 107 Å². The molecule has 0 saturated heterocycles. The second kappa shape index (κ2) is 5.75. The van der Waals surface area contributed by atoms with Gasteiger partial charge >= 0.3 is 0 Å². The third-order valence-electron chi connectivity index (χ3n) is 2.45. The van der Waals surface area contributed by atoms with Crippen LogP contribution in [0, 0.1) is 0 Å². The molecule has 0 aliphatic rings. The zero-order chi connectivity index (χ0) is 12.8. The van der Waals surface area contributed by atoms with E-state index in [9.17, 15) is 8.42 Å². The average molecular weight is 262 g/mol. The van der Waals surface area contributed by atoms with Gasteiger partial charge in [-0.05, 0) is 23.3 Å². The van der Waals surface area contributed by atoms with Gasteiger partial charge in [0.25, 0.3) is 0 Å². The summed E-state index contributed by atoms with van der Waals surface area (Å²) in [6.07, 6.45) is 3.28. The van der Waals surface area contributed by atoms with E-state index in [0.717, 1.165) is 11.1 Å². The average Bonchev–Trinajstić information content (AvgIpc) is 2.38. The van der Waals surface area contributed by atoms with Crippen LogP contribution in [-0.2, 0) is 22.3 Å². The summed E-state index contributed by atoms with van der Waals surface area (Å²) in [5.41, 5.74) is 1.67. The molecular formula is C13H14N2O2S. The van der Waals surface area contributed by atoms with Crippen LogP contribution in [0.3, 0.4) is 0 Å². The van der Waals surface area contributed by atoms with Crippen molar-refractivity contribution in [2.75, 3.05) is 0 Å². The van der Waals surface area contributed by atoms with Crippen molar-refractivity contribution in [1.29, 1.82) is 0 Å². The van der Waals surface area contributed by atoms with Crippen molar-refractivity contribution in [3.8, 4) is 0 Å². The summed E-state index contributed by atoms with van der Waals surface area (Å²) in [4.78, 5) is 3.88. The van der Waals surface area contributed by atoms with Gasteiger partial charge in [-0.1, -0.05) is 30.3 Å². The minimum atomic E-state index is -3.30. The third kappa shape index (κ3) is 3.94. The SMILES string of the molecule is O=S(=O)(Cc1ccccc1)NCc1ccncc1. The fraction of sp³-hybridized carbons (Fsp3) is 0.154. The quantitative estimate of drug-likeness (QED) is 0.892. The highest BCUT2D eigenvalue weighted by molar-refractivity contribution is 7.88. The molecule has 0 radical (unpaired) electrons. The lowest BCUT2D eigenvalue weighted by Gasteiger charge is -2.06. The van der Waals surface area contributed by atoms with Gasteiger partial charge < -0.3 is 0 Å². The summed E-state index contributed by atoms with van der Waals surface area (Å²) < 4.78 is 26.3. The van der Waals surface area contributed by atoms with Gasteiger partial charge in [0.15, 0.2) is 0 Å². The largest absolute Gasteiger partial charge is 0.265 e. The highest BCUT2D eigenvalue weighted by Gasteiger charge is 2.10. The molecule has 94 valence electrons. The maximum Gasteiger partial charge on any atom is 0.216 e. The minimum absolute atomic E-state index is 0.00107. The van der Waals surface area contributed by atoms with Crippen LogP contribution < -0.4 is 4.72 Å². The number of sulfonamides is 1. The molecule has 1 aromatic carbocycles. The van der Waals surface area contributed by atoms with Crippen LogP contribution in [-0.4, -0.2) is 13.4 Å². The van der Waals surface area contributed by atoms with Crippen molar-refractivity contribution in [3.63, 3.8) is 0 Å². The number of hydrogen-bond acceptors (Lipinski definition) is 3. The van der Waals surface area contributed by atoms with E-state index in [1.165, 1.54) is 0 Å². The standard InChI is InChI=1S/C13H14N2O2S/c16-18(17,11-13-4-2-1-3-5-13)15-10-12-6-8-14-9-7-12/h1-9,15H,10-11H2. The Morgan fingerprint density at radius 1 is 0.944 bits per heavy atom. The number of hydrogen-bond donors (Lipinski definition) is 1. The molecule has 0 atom stereocenters. The smallest absolute Gasteiger partial charge is 0.216 e. The second-order valence-electron chi connectivity index (χ2n) is 3.92. The number of pyridine rings is 1. The molecule has 4 nitrogen and oxygen atoms in total. The molecule has 2 aromatic rings. The summed E-state index contributed by atoms with van der Waals surface area (Å²) in [7, 11) is -3.30. The van der Waals surface area contributed by atoms with E-state index in [4.69, 9.17) is 0 Å². The lowest BCUT2D eigenvalue weighted by molar-refractivity contribution is 0.580. The fourth-order valence-corrected chi connectivity index (χ4v) is 2.66. The van der Waals surface area contributed by atoms with Crippen LogP contribution in [0.25, 0.3) is 0 Å². The van der Waals surface area contributed by atoms with Crippen LogP contribution in [0.15, 0.2) is 54.9 Å². The number of benzene rings is 1. The predicted molar refractivity (Wildman–Crippen MR) is 70.1 cm³/mol. The Morgan fingerprint density at radius 3 is 2.28 bits per heavy atom. The van der Waals surface area contributed by atoms with E-state index in [1.807, 2.05) is 18.2 Å². The molecule has 0 aliphatic carbocycles. The summed E-state index contributed by atoms with van der Waals surface area (Å²) in [5.74, 6) is -0.00107. The van der Waals surface area contributed by atoms with Crippen LogP contribution >= 0.6 is 0 Å². The first-order valence-electron chi connectivity index (χ1n) is 5.56. The van der Waals surface area contributed by atoms with E-state index in [1.54, 1.807) is 36.7 Å². The monoisotopic (exact) mass is 262 g/mol. The topological polar surface area (TPSA) is 59.1 Å². The molecule has 0 aliphatic heterocycles. The van der Waals surface area contributed by atoms with Gasteiger partial charge in [0, 0.05) is 18.9 Å². The van der Waals surface area contributed by atoms with Crippen LogP contribution in [0.5, 0.6) is 0 Å². The van der Waals surface area contributed by atoms with Crippen LogP contribution in [0.4, 0.5) is 0 Å². The number of nitrogens with one attached hydrogen (secondary N) is 1. The molecule has 0 unspecified atom stereocenters. The van der Waals surface area contributed by atoms with Gasteiger partial charge in [-0.25, -0.2) is 13.1 Å². The van der Waals surface area contributed by atoms with E-state index >= 15 is 0 Å². The van der Waals surface area contributed by atoms with Gasteiger partial charge in [-0.3, -0.25) is 4.98 Å². The van der Waals surface area contributed by atoms with Gasteiger partial charge in [0.1, 0.15) is 0 Å². The first-order chi connectivity index (χ1) is 8.66. The molecule has 0 saturated carbocycles. The lowest BCUT2D eigenvalue weighted by Crippen LogP contribution is -2.24. The Bertz CT molecular complexity index is 583. The molecule has 0 bridgehead atoms. The third-order valence-corrected chi connectivity index (χ3v) is 3.74. The van der Waals surface area contributed by atoms with Gasteiger partial charge in [-0.2, -0.15) is 0 Å². The second-order valence-corrected chi connectivity index (χ2v) is 5.73. The number of nitrogens with zero attached hydrogens (tertiary/aromatic N) is 1. The molecule has 18 heavy (non-hydrogen) atoms. The fourth-order valence-electron chi connectivity index (χ4n) is 1.54. The van der Waals surface area contributed by atoms with Crippen molar-refractivity contribution >= 4 is 10.0 Å². The van der Waals surface area contributed by atoms with E-state index in [-0.39, 0.29) is 12.3 Å². The first kappa shape index (κ1) is 12.7. The highest BCUT2D eigenvalue weighted by atomic mass is 32.2. The zero-order valence-corrected chi connectivity index (χ0v) is 10.6. The van der Waals surface area contributed by atoms with Gasteiger partial charge in [0.05, 0.1) is 5.75 Å². The summed E-state index contributed by atoms with van der Waals surface area (Å²) in [6.45, 7) is 0.289. The Hall–Kier alpha value is -1.72. The van der Waals surface area contributed by atoms with Crippen molar-refractivity contribution in [2.24, 2.45) is 0 Å². The minimum Gasteiger partial charge on any atom is -0.265 e. The molecule has 0 amide bonds.